The number of halogens is 2. The monoisotopic (exact) mass is 892 g/mol. The first-order valence-electron chi connectivity index (χ1n) is 17.8. The minimum absolute atomic E-state index is 0. The largest absolute Gasteiger partial charge is 0.395 e. The quantitative estimate of drug-likeness (QED) is 0.0638. The molecule has 0 aliphatic carbocycles. The molecule has 4 rings (SSSR count). The minimum atomic E-state index is -3.67. The topological polar surface area (TPSA) is 66.4 Å². The zero-order valence-corrected chi connectivity index (χ0v) is 39.0. The number of alkyl halides is 2. The summed E-state index contributed by atoms with van der Waals surface area (Å²) in [5, 5.41) is 5.43. The molecule has 9 heteroatoms. The van der Waals surface area contributed by atoms with Crippen molar-refractivity contribution >= 4 is 52.2 Å². The summed E-state index contributed by atoms with van der Waals surface area (Å²) in [4.78, 5) is 0. The maximum absolute atomic E-state index is 9.19. The maximum Gasteiger partial charge on any atom is 0.261 e. The molecule has 0 aliphatic heterocycles. The van der Waals surface area contributed by atoms with E-state index >= 15 is 0 Å². The molecule has 298 valence electrons. The van der Waals surface area contributed by atoms with Gasteiger partial charge in [-0.15, -0.1) is 59.1 Å². The number of para-hydroxylation sites is 1. The molecule has 0 radical (unpaired) electrons. The molecule has 53 heavy (non-hydrogen) atoms. The predicted molar refractivity (Wildman–Crippen MR) is 235 cm³/mol. The van der Waals surface area contributed by atoms with Gasteiger partial charge in [0.1, 0.15) is 0 Å². The van der Waals surface area contributed by atoms with Crippen LogP contribution in [0.1, 0.15) is 118 Å². The molecule has 2 N–H and O–H groups in total. The van der Waals surface area contributed by atoms with Crippen molar-refractivity contribution in [3.05, 3.63) is 108 Å². The average molecular weight is 894 g/mol. The van der Waals surface area contributed by atoms with Gasteiger partial charge in [-0.25, -0.2) is 0 Å². The molecule has 0 spiro atoms. The number of rotatable bonds is 7. The van der Waals surface area contributed by atoms with E-state index in [2.05, 4.69) is 149 Å². The first kappa shape index (κ1) is 51.3. The van der Waals surface area contributed by atoms with Crippen LogP contribution < -0.4 is 10.6 Å². The Labute approximate surface area is 348 Å². The third-order valence-electron chi connectivity index (χ3n) is 8.08. The first-order valence-corrected chi connectivity index (χ1v) is 22.1. The van der Waals surface area contributed by atoms with Crippen molar-refractivity contribution in [2.24, 2.45) is 0 Å². The zero-order chi connectivity index (χ0) is 40.0. The second-order valence-corrected chi connectivity index (χ2v) is 21.7. The Kier molecular flexibility index (Phi) is 22.6. The van der Waals surface area contributed by atoms with Gasteiger partial charge in [0.15, 0.2) is 0 Å². The van der Waals surface area contributed by atoms with E-state index in [1.807, 2.05) is 37.4 Å². The summed E-state index contributed by atoms with van der Waals surface area (Å²) in [6.45, 7) is 28.6. The average Bonchev–Trinajstić information content (AvgIpc) is 3.03. The molecule has 0 saturated carbocycles. The first-order chi connectivity index (χ1) is 24.0. The molecule has 4 aromatic rings. The Balaban J connectivity index is 0.000000965. The van der Waals surface area contributed by atoms with Crippen LogP contribution in [-0.4, -0.2) is 41.9 Å². The Morgan fingerprint density at radius 1 is 0.736 bits per heavy atom. The van der Waals surface area contributed by atoms with Gasteiger partial charge in [-0.2, -0.15) is 8.42 Å². The fourth-order valence-corrected chi connectivity index (χ4v) is 10.5. The summed E-state index contributed by atoms with van der Waals surface area (Å²) in [7, 11) is -2.10. The zero-order valence-electron chi connectivity index (χ0n) is 34.2. The molecule has 0 heterocycles. The third-order valence-corrected chi connectivity index (χ3v) is 11.6. The normalized spacial score (nSPS) is 11.5. The molecule has 0 bridgehead atoms. The van der Waals surface area contributed by atoms with E-state index < -0.39 is 10.1 Å². The standard InChI is InChI=1S/C29H45P.C13H12N.CH2Cl2.CH4O3S.Pd/c1-19(2)22-17-24(20(3)4)27(25(18-22)21(5)6)23-15-13-14-16-26(23)30(28(7,8)9)29(10,11)12;1-14-13-10-6-5-9-12(13)11-7-3-2-4-8-11;2-1-3;1-5(2,3)4;/h13-21H,1-12H3;2-7,9-10,14H,1H3;1H2;1H3,(H,2,3,4);/q;-1;;;. The number of benzene rings is 4. The van der Waals surface area contributed by atoms with Gasteiger partial charge in [0.05, 0.1) is 11.6 Å². The molecular formula is C44H63Cl2NO3PPdS-. The van der Waals surface area contributed by atoms with Crippen molar-refractivity contribution in [2.45, 2.75) is 111 Å². The van der Waals surface area contributed by atoms with Crippen LogP contribution in [0, 0.1) is 6.07 Å². The summed E-state index contributed by atoms with van der Waals surface area (Å²) in [6.07, 6.45) is 0.715. The van der Waals surface area contributed by atoms with Crippen molar-refractivity contribution in [1.29, 1.82) is 0 Å². The van der Waals surface area contributed by atoms with Gasteiger partial charge >= 0.3 is 0 Å². The molecule has 0 saturated heterocycles. The minimum Gasteiger partial charge on any atom is -0.395 e. The number of nitrogens with one attached hydrogen (secondary N) is 1. The van der Waals surface area contributed by atoms with Gasteiger partial charge in [0.2, 0.25) is 0 Å². The summed E-state index contributed by atoms with van der Waals surface area (Å²) in [6, 6.07) is 33.7. The van der Waals surface area contributed by atoms with Crippen molar-refractivity contribution in [3.8, 4) is 22.3 Å². The summed E-state index contributed by atoms with van der Waals surface area (Å²) in [5.41, 5.74) is 10.9. The van der Waals surface area contributed by atoms with E-state index in [0.717, 1.165) is 11.3 Å². The number of hydrogen-bond acceptors (Lipinski definition) is 3. The van der Waals surface area contributed by atoms with Crippen LogP contribution in [0.2, 0.25) is 0 Å². The number of hydrogen-bond donors (Lipinski definition) is 2. The number of anilines is 1. The molecule has 0 aliphatic rings. The fraction of sp³-hybridized carbons (Fsp3) is 0.455. The molecule has 4 aromatic carbocycles. The second-order valence-electron chi connectivity index (χ2n) is 15.6. The van der Waals surface area contributed by atoms with Crippen molar-refractivity contribution in [2.75, 3.05) is 24.0 Å². The van der Waals surface area contributed by atoms with Gasteiger partial charge in [0, 0.05) is 27.5 Å². The van der Waals surface area contributed by atoms with Crippen LogP contribution >= 0.6 is 31.1 Å². The fourth-order valence-electron chi connectivity index (χ4n) is 6.37. The van der Waals surface area contributed by atoms with Crippen molar-refractivity contribution in [1.82, 2.24) is 0 Å². The molecule has 0 fully saturated rings. The van der Waals surface area contributed by atoms with Crippen LogP contribution in [0.15, 0.2) is 84.9 Å². The Bertz CT molecular complexity index is 1720. The van der Waals surface area contributed by atoms with Crippen LogP contribution in [-0.2, 0) is 30.5 Å². The summed E-state index contributed by atoms with van der Waals surface area (Å²) < 4.78 is 25.9. The van der Waals surface area contributed by atoms with E-state index in [9.17, 15) is 8.42 Å². The van der Waals surface area contributed by atoms with Crippen molar-refractivity contribution in [3.63, 3.8) is 0 Å². The summed E-state index contributed by atoms with van der Waals surface area (Å²) >= 11 is 9.53. The Morgan fingerprint density at radius 3 is 1.53 bits per heavy atom. The summed E-state index contributed by atoms with van der Waals surface area (Å²) in [5.74, 6) is 1.55. The second kappa shape index (κ2) is 23.4. The SMILES string of the molecule is CC(C)c1cc(C(C)C)c(-c2ccccc2P(C(C)(C)C)C(C)(C)C)c(C(C)C)c1.CNc1ccccc1-c1[c-]cccc1.CS(=O)(=O)O.ClCCl.[Pd]. The van der Waals surface area contributed by atoms with Gasteiger partial charge < -0.3 is 5.32 Å². The Hall–Kier alpha value is -1.74. The maximum atomic E-state index is 9.19. The van der Waals surface area contributed by atoms with E-state index in [1.165, 1.54) is 33.4 Å². The Morgan fingerprint density at radius 2 is 1.15 bits per heavy atom. The van der Waals surface area contributed by atoms with Crippen LogP contribution in [0.4, 0.5) is 5.69 Å². The van der Waals surface area contributed by atoms with E-state index in [-0.39, 0.29) is 44.0 Å². The van der Waals surface area contributed by atoms with Crippen molar-refractivity contribution < 1.29 is 33.4 Å². The predicted octanol–water partition coefficient (Wildman–Crippen LogP) is 13.5. The van der Waals surface area contributed by atoms with E-state index in [0.29, 0.717) is 24.0 Å². The van der Waals surface area contributed by atoms with E-state index in [1.54, 1.807) is 5.30 Å². The molecule has 0 unspecified atom stereocenters. The van der Waals surface area contributed by atoms with Gasteiger partial charge in [-0.05, 0) is 72.9 Å². The van der Waals surface area contributed by atoms with Crippen LogP contribution in [0.5, 0.6) is 0 Å². The molecular weight excluding hydrogens is 831 g/mol. The molecule has 4 nitrogen and oxygen atoms in total. The molecule has 0 aromatic heterocycles. The van der Waals surface area contributed by atoms with Gasteiger partial charge in [0.25, 0.3) is 10.1 Å². The van der Waals surface area contributed by atoms with Crippen LogP contribution in [0.3, 0.4) is 0 Å². The molecule has 0 atom stereocenters. The molecule has 0 amide bonds. The van der Waals surface area contributed by atoms with Gasteiger partial charge in [-0.3, -0.25) is 4.55 Å². The van der Waals surface area contributed by atoms with Crippen LogP contribution in [0.25, 0.3) is 22.3 Å². The smallest absolute Gasteiger partial charge is 0.261 e. The third kappa shape index (κ3) is 17.3. The van der Waals surface area contributed by atoms with E-state index in [4.69, 9.17) is 27.8 Å². The van der Waals surface area contributed by atoms with Gasteiger partial charge in [-0.1, -0.05) is 151 Å².